The fourth-order valence-corrected chi connectivity index (χ4v) is 1.41. The molecule has 2 rings (SSSR count). The van der Waals surface area contributed by atoms with E-state index in [0.717, 1.165) is 12.8 Å². The van der Waals surface area contributed by atoms with Gasteiger partial charge in [-0.2, -0.15) is 0 Å². The van der Waals surface area contributed by atoms with Crippen LogP contribution in [0.2, 0.25) is 0 Å². The Balaban J connectivity index is 1.94. The van der Waals surface area contributed by atoms with E-state index in [1.165, 1.54) is 24.0 Å². The Labute approximate surface area is 59.5 Å². The van der Waals surface area contributed by atoms with E-state index in [1.54, 1.807) is 0 Å². The fraction of sp³-hybridized carbons (Fsp3) is 0.625. The Hall–Kier alpha value is -0.790. The maximum Gasteiger partial charge on any atom is 0.307 e. The highest BCUT2D eigenvalue weighted by Crippen LogP contribution is 2.43. The highest BCUT2D eigenvalue weighted by Gasteiger charge is 2.33. The van der Waals surface area contributed by atoms with E-state index in [-0.39, 0.29) is 5.92 Å². The molecule has 54 valence electrons. The monoisotopic (exact) mass is 138 g/mol. The molecule has 0 amide bonds. The summed E-state index contributed by atoms with van der Waals surface area (Å²) < 4.78 is 0. The topological polar surface area (TPSA) is 37.3 Å². The molecule has 0 aromatic heterocycles. The molecule has 0 unspecified atom stereocenters. The Bertz CT molecular complexity index is 201. The lowest BCUT2D eigenvalue weighted by Crippen LogP contribution is -2.23. The van der Waals surface area contributed by atoms with E-state index < -0.39 is 5.97 Å². The van der Waals surface area contributed by atoms with E-state index in [0.29, 0.717) is 0 Å². The number of allylic oxidation sites excluding steroid dienone is 2. The Kier molecular flexibility index (Phi) is 1.10. The Morgan fingerprint density at radius 2 is 1.90 bits per heavy atom. The lowest BCUT2D eigenvalue weighted by molar-refractivity contribution is -0.143. The zero-order valence-electron chi connectivity index (χ0n) is 5.76. The summed E-state index contributed by atoms with van der Waals surface area (Å²) in [7, 11) is 0. The lowest BCUT2D eigenvalue weighted by atomic mass is 9.79. The van der Waals surface area contributed by atoms with Gasteiger partial charge in [-0.3, -0.25) is 4.79 Å². The number of carboxylic acid groups (broad SMARTS) is 1. The van der Waals surface area contributed by atoms with Crippen molar-refractivity contribution in [2.75, 3.05) is 0 Å². The van der Waals surface area contributed by atoms with Crippen LogP contribution in [0.4, 0.5) is 0 Å². The number of carboxylic acids is 1. The van der Waals surface area contributed by atoms with Crippen LogP contribution in [-0.4, -0.2) is 11.1 Å². The molecule has 0 aliphatic heterocycles. The second kappa shape index (κ2) is 1.84. The number of rotatable bonds is 1. The Morgan fingerprint density at radius 3 is 2.30 bits per heavy atom. The summed E-state index contributed by atoms with van der Waals surface area (Å²) in [6, 6.07) is 0. The van der Waals surface area contributed by atoms with Gasteiger partial charge >= 0.3 is 5.97 Å². The van der Waals surface area contributed by atoms with Gasteiger partial charge in [0, 0.05) is 0 Å². The van der Waals surface area contributed by atoms with Gasteiger partial charge in [-0.05, 0) is 25.7 Å². The molecule has 0 spiro atoms. The van der Waals surface area contributed by atoms with Crippen molar-refractivity contribution in [3.8, 4) is 0 Å². The SMILES string of the molecule is O=C(O)C1CC(=C2CC2)C1. The van der Waals surface area contributed by atoms with Gasteiger partial charge in [0.2, 0.25) is 0 Å². The van der Waals surface area contributed by atoms with E-state index >= 15 is 0 Å². The molecule has 10 heavy (non-hydrogen) atoms. The molecule has 1 N–H and O–H groups in total. The van der Waals surface area contributed by atoms with Crippen molar-refractivity contribution < 1.29 is 9.90 Å². The number of hydrogen-bond acceptors (Lipinski definition) is 1. The first-order valence-electron chi connectivity index (χ1n) is 3.70. The van der Waals surface area contributed by atoms with Crippen molar-refractivity contribution in [2.24, 2.45) is 5.92 Å². The van der Waals surface area contributed by atoms with Crippen molar-refractivity contribution in [2.45, 2.75) is 25.7 Å². The van der Waals surface area contributed by atoms with Crippen LogP contribution in [0.5, 0.6) is 0 Å². The minimum Gasteiger partial charge on any atom is -0.481 e. The molecule has 0 aromatic rings. The second-order valence-corrected chi connectivity index (χ2v) is 3.15. The molecule has 0 atom stereocenters. The van der Waals surface area contributed by atoms with Crippen LogP contribution >= 0.6 is 0 Å². The van der Waals surface area contributed by atoms with Crippen molar-refractivity contribution in [1.29, 1.82) is 0 Å². The van der Waals surface area contributed by atoms with Gasteiger partial charge in [0.05, 0.1) is 5.92 Å². The molecule has 0 bridgehead atoms. The summed E-state index contributed by atoms with van der Waals surface area (Å²) in [4.78, 5) is 10.3. The van der Waals surface area contributed by atoms with Crippen LogP contribution in [0.1, 0.15) is 25.7 Å². The first-order valence-corrected chi connectivity index (χ1v) is 3.70. The van der Waals surface area contributed by atoms with Crippen molar-refractivity contribution in [3.63, 3.8) is 0 Å². The van der Waals surface area contributed by atoms with Gasteiger partial charge in [0.15, 0.2) is 0 Å². The van der Waals surface area contributed by atoms with Gasteiger partial charge in [-0.1, -0.05) is 11.1 Å². The highest BCUT2D eigenvalue weighted by atomic mass is 16.4. The summed E-state index contributed by atoms with van der Waals surface area (Å²) in [5, 5.41) is 8.53. The van der Waals surface area contributed by atoms with Gasteiger partial charge in [0.1, 0.15) is 0 Å². The summed E-state index contributed by atoms with van der Waals surface area (Å²) >= 11 is 0. The molecule has 0 heterocycles. The Morgan fingerprint density at radius 1 is 1.30 bits per heavy atom. The number of carbonyl (C=O) groups is 1. The first-order chi connectivity index (χ1) is 4.77. The normalized spacial score (nSPS) is 29.8. The summed E-state index contributed by atoms with van der Waals surface area (Å²) in [6.45, 7) is 0. The smallest absolute Gasteiger partial charge is 0.307 e. The average molecular weight is 138 g/mol. The third-order valence-corrected chi connectivity index (χ3v) is 2.33. The summed E-state index contributed by atoms with van der Waals surface area (Å²) in [6.07, 6.45) is 4.15. The van der Waals surface area contributed by atoms with Gasteiger partial charge in [-0.15, -0.1) is 0 Å². The summed E-state index contributed by atoms with van der Waals surface area (Å²) in [5.74, 6) is -0.673. The van der Waals surface area contributed by atoms with Crippen LogP contribution in [0.3, 0.4) is 0 Å². The molecule has 0 saturated heterocycles. The van der Waals surface area contributed by atoms with Crippen molar-refractivity contribution >= 4 is 5.97 Å². The third kappa shape index (κ3) is 0.838. The standard InChI is InChI=1S/C8H10O2/c9-8(10)7-3-6(4-7)5-1-2-5/h7H,1-4H2,(H,9,10). The molecule has 2 nitrogen and oxygen atoms in total. The van der Waals surface area contributed by atoms with Gasteiger partial charge < -0.3 is 5.11 Å². The fourth-order valence-electron chi connectivity index (χ4n) is 1.41. The first kappa shape index (κ1) is 5.96. The third-order valence-electron chi connectivity index (χ3n) is 2.33. The quantitative estimate of drug-likeness (QED) is 0.558. The minimum absolute atomic E-state index is 0.0527. The predicted molar refractivity (Wildman–Crippen MR) is 36.6 cm³/mol. The van der Waals surface area contributed by atoms with Crippen molar-refractivity contribution in [3.05, 3.63) is 11.1 Å². The molecule has 0 radical (unpaired) electrons. The van der Waals surface area contributed by atoms with E-state index in [9.17, 15) is 4.79 Å². The van der Waals surface area contributed by atoms with Crippen LogP contribution in [0, 0.1) is 5.92 Å². The molecule has 2 heteroatoms. The second-order valence-electron chi connectivity index (χ2n) is 3.15. The largest absolute Gasteiger partial charge is 0.481 e. The van der Waals surface area contributed by atoms with E-state index in [2.05, 4.69) is 0 Å². The molecule has 2 aliphatic rings. The maximum atomic E-state index is 10.3. The van der Waals surface area contributed by atoms with Crippen LogP contribution in [-0.2, 0) is 4.79 Å². The molecule has 2 aliphatic carbocycles. The molecule has 2 fully saturated rings. The van der Waals surface area contributed by atoms with Gasteiger partial charge in [0.25, 0.3) is 0 Å². The van der Waals surface area contributed by atoms with E-state index in [1.807, 2.05) is 0 Å². The van der Waals surface area contributed by atoms with Crippen LogP contribution < -0.4 is 0 Å². The number of aliphatic carboxylic acids is 1. The lowest BCUT2D eigenvalue weighted by Gasteiger charge is -2.25. The van der Waals surface area contributed by atoms with Gasteiger partial charge in [-0.25, -0.2) is 0 Å². The molecule has 0 aromatic carbocycles. The molecular formula is C8H10O2. The highest BCUT2D eigenvalue weighted by molar-refractivity contribution is 5.73. The number of hydrogen-bond donors (Lipinski definition) is 1. The van der Waals surface area contributed by atoms with Crippen LogP contribution in [0.15, 0.2) is 11.1 Å². The van der Waals surface area contributed by atoms with Crippen LogP contribution in [0.25, 0.3) is 0 Å². The summed E-state index contributed by atoms with van der Waals surface area (Å²) in [5.41, 5.74) is 2.98. The molecular weight excluding hydrogens is 128 g/mol. The zero-order chi connectivity index (χ0) is 7.14. The molecule has 2 saturated carbocycles. The predicted octanol–water partition coefficient (Wildman–Crippen LogP) is 1.57. The minimum atomic E-state index is -0.620. The zero-order valence-corrected chi connectivity index (χ0v) is 5.76. The maximum absolute atomic E-state index is 10.3. The van der Waals surface area contributed by atoms with E-state index in [4.69, 9.17) is 5.11 Å². The van der Waals surface area contributed by atoms with Crippen molar-refractivity contribution in [1.82, 2.24) is 0 Å². The average Bonchev–Trinajstić information content (AvgIpc) is 2.42.